The highest BCUT2D eigenvalue weighted by atomic mass is 32.1. The largest absolute Gasteiger partial charge is 0.460 e. The molecule has 2 amide bonds. The standard InChI is InChI=1S/C22H30N2O4S/c1-4-21(2,3)23-20(26)22(27)11-13-24(14-12-22)19(25)10-8-16-7-9-17(28-16)18-6-5-15-29-18/h5-7,9,15,27H,4,8,10-14H2,1-3H3,(H,23,26). The third-order valence-electron chi connectivity index (χ3n) is 5.71. The van der Waals surface area contributed by atoms with Crippen LogP contribution in [0.5, 0.6) is 0 Å². The normalized spacial score (nSPS) is 16.6. The Labute approximate surface area is 175 Å². The second-order valence-electron chi connectivity index (χ2n) is 8.35. The van der Waals surface area contributed by atoms with Crippen LogP contribution in [0.15, 0.2) is 34.1 Å². The number of rotatable bonds is 7. The van der Waals surface area contributed by atoms with E-state index in [2.05, 4.69) is 5.32 Å². The van der Waals surface area contributed by atoms with Crippen LogP contribution in [0.2, 0.25) is 0 Å². The third-order valence-corrected chi connectivity index (χ3v) is 6.60. The van der Waals surface area contributed by atoms with E-state index >= 15 is 0 Å². The topological polar surface area (TPSA) is 82.8 Å². The zero-order chi connectivity index (χ0) is 21.1. The molecule has 1 aliphatic rings. The summed E-state index contributed by atoms with van der Waals surface area (Å²) in [6, 6.07) is 7.83. The fourth-order valence-electron chi connectivity index (χ4n) is 3.32. The van der Waals surface area contributed by atoms with Crippen molar-refractivity contribution in [2.45, 2.75) is 64.0 Å². The maximum atomic E-state index is 12.6. The first-order valence-electron chi connectivity index (χ1n) is 10.2. The molecule has 1 fully saturated rings. The Balaban J connectivity index is 1.48. The van der Waals surface area contributed by atoms with Crippen LogP contribution in [0.25, 0.3) is 10.6 Å². The van der Waals surface area contributed by atoms with Crippen LogP contribution in [0.1, 0.15) is 52.2 Å². The Morgan fingerprint density at radius 1 is 1.28 bits per heavy atom. The molecule has 0 radical (unpaired) electrons. The van der Waals surface area contributed by atoms with E-state index in [9.17, 15) is 14.7 Å². The molecule has 0 aromatic carbocycles. The summed E-state index contributed by atoms with van der Waals surface area (Å²) in [5.74, 6) is 1.30. The number of carbonyl (C=O) groups is 2. The molecule has 6 nitrogen and oxygen atoms in total. The second-order valence-corrected chi connectivity index (χ2v) is 9.29. The van der Waals surface area contributed by atoms with Gasteiger partial charge in [0.1, 0.15) is 17.1 Å². The molecule has 2 N–H and O–H groups in total. The Morgan fingerprint density at radius 2 is 2.00 bits per heavy atom. The average Bonchev–Trinajstić information content (AvgIpc) is 3.38. The van der Waals surface area contributed by atoms with Crippen LogP contribution < -0.4 is 5.32 Å². The molecule has 7 heteroatoms. The molecule has 158 valence electrons. The van der Waals surface area contributed by atoms with Crippen LogP contribution in [0.3, 0.4) is 0 Å². The summed E-state index contributed by atoms with van der Waals surface area (Å²) in [6.45, 7) is 6.63. The molecule has 0 spiro atoms. The van der Waals surface area contributed by atoms with Gasteiger partial charge in [-0.15, -0.1) is 11.3 Å². The summed E-state index contributed by atoms with van der Waals surface area (Å²) >= 11 is 1.62. The van der Waals surface area contributed by atoms with E-state index in [0.29, 0.717) is 25.9 Å². The van der Waals surface area contributed by atoms with Gasteiger partial charge in [-0.2, -0.15) is 0 Å². The predicted octanol–water partition coefficient (Wildman–Crippen LogP) is 3.60. The summed E-state index contributed by atoms with van der Waals surface area (Å²) in [5, 5.41) is 15.7. The van der Waals surface area contributed by atoms with Crippen molar-refractivity contribution in [3.05, 3.63) is 35.4 Å². The lowest BCUT2D eigenvalue weighted by Gasteiger charge is -2.39. The highest BCUT2D eigenvalue weighted by Gasteiger charge is 2.41. The Morgan fingerprint density at radius 3 is 2.62 bits per heavy atom. The van der Waals surface area contributed by atoms with Gasteiger partial charge in [-0.3, -0.25) is 9.59 Å². The summed E-state index contributed by atoms with van der Waals surface area (Å²) in [7, 11) is 0. The number of hydrogen-bond acceptors (Lipinski definition) is 5. The molecule has 0 unspecified atom stereocenters. The van der Waals surface area contributed by atoms with Crippen LogP contribution in [0, 0.1) is 0 Å². The number of carbonyl (C=O) groups excluding carboxylic acids is 2. The average molecular weight is 419 g/mol. The van der Waals surface area contributed by atoms with Crippen molar-refractivity contribution in [1.82, 2.24) is 10.2 Å². The van der Waals surface area contributed by atoms with Crippen LogP contribution in [-0.2, 0) is 16.0 Å². The van der Waals surface area contributed by atoms with Crippen LogP contribution in [0.4, 0.5) is 0 Å². The number of amides is 2. The zero-order valence-electron chi connectivity index (χ0n) is 17.4. The van der Waals surface area contributed by atoms with Crippen molar-refractivity contribution in [2.75, 3.05) is 13.1 Å². The van der Waals surface area contributed by atoms with Crippen LogP contribution >= 0.6 is 11.3 Å². The summed E-state index contributed by atoms with van der Waals surface area (Å²) in [6.07, 6.45) is 2.18. The monoisotopic (exact) mass is 418 g/mol. The van der Waals surface area contributed by atoms with Crippen molar-refractivity contribution in [1.29, 1.82) is 0 Å². The maximum absolute atomic E-state index is 12.6. The lowest BCUT2D eigenvalue weighted by molar-refractivity contribution is -0.150. The number of furan rings is 1. The molecule has 0 saturated carbocycles. The van der Waals surface area contributed by atoms with Gasteiger partial charge in [0.05, 0.1) is 4.88 Å². The Hall–Kier alpha value is -2.12. The van der Waals surface area contributed by atoms with Gasteiger partial charge < -0.3 is 19.7 Å². The lowest BCUT2D eigenvalue weighted by Crippen LogP contribution is -2.58. The van der Waals surface area contributed by atoms with Gasteiger partial charge in [0.2, 0.25) is 5.91 Å². The molecule has 3 heterocycles. The molecule has 2 aromatic rings. The van der Waals surface area contributed by atoms with E-state index in [1.165, 1.54) is 0 Å². The van der Waals surface area contributed by atoms with E-state index in [0.717, 1.165) is 22.8 Å². The number of piperidine rings is 1. The third kappa shape index (κ3) is 5.28. The summed E-state index contributed by atoms with van der Waals surface area (Å²) < 4.78 is 5.83. The molecule has 1 aliphatic heterocycles. The minimum absolute atomic E-state index is 0.0235. The van der Waals surface area contributed by atoms with E-state index in [-0.39, 0.29) is 30.2 Å². The van der Waals surface area contributed by atoms with Crippen molar-refractivity contribution in [2.24, 2.45) is 0 Å². The van der Waals surface area contributed by atoms with Gasteiger partial charge in [-0.05, 0) is 43.8 Å². The quantitative estimate of drug-likeness (QED) is 0.720. The molecule has 0 aliphatic carbocycles. The van der Waals surface area contributed by atoms with Crippen molar-refractivity contribution < 1.29 is 19.1 Å². The van der Waals surface area contributed by atoms with Crippen LogP contribution in [-0.4, -0.2) is 46.1 Å². The molecular weight excluding hydrogens is 388 g/mol. The minimum Gasteiger partial charge on any atom is -0.460 e. The number of hydrogen-bond donors (Lipinski definition) is 2. The summed E-state index contributed by atoms with van der Waals surface area (Å²) in [5.41, 5.74) is -1.76. The van der Waals surface area contributed by atoms with Gasteiger partial charge in [-0.25, -0.2) is 0 Å². The SMILES string of the molecule is CCC(C)(C)NC(=O)C1(O)CCN(C(=O)CCc2ccc(-c3cccs3)o2)CC1. The Kier molecular flexibility index (Phi) is 6.49. The van der Waals surface area contributed by atoms with E-state index < -0.39 is 5.60 Å². The maximum Gasteiger partial charge on any atom is 0.252 e. The number of nitrogens with zero attached hydrogens (tertiary/aromatic N) is 1. The van der Waals surface area contributed by atoms with E-state index in [4.69, 9.17) is 4.42 Å². The number of likely N-dealkylation sites (tertiary alicyclic amines) is 1. The van der Waals surface area contributed by atoms with Gasteiger partial charge >= 0.3 is 0 Å². The van der Waals surface area contributed by atoms with Crippen molar-refractivity contribution in [3.8, 4) is 10.6 Å². The molecule has 0 bridgehead atoms. The van der Waals surface area contributed by atoms with Crippen molar-refractivity contribution >= 4 is 23.2 Å². The highest BCUT2D eigenvalue weighted by Crippen LogP contribution is 2.28. The number of aliphatic hydroxyl groups is 1. The second kappa shape index (κ2) is 8.71. The zero-order valence-corrected chi connectivity index (χ0v) is 18.2. The molecule has 29 heavy (non-hydrogen) atoms. The molecular formula is C22H30N2O4S. The minimum atomic E-state index is -1.40. The number of nitrogens with one attached hydrogen (secondary N) is 1. The molecule has 0 atom stereocenters. The van der Waals surface area contributed by atoms with Gasteiger partial charge in [0, 0.05) is 44.3 Å². The van der Waals surface area contributed by atoms with Gasteiger partial charge in [0.25, 0.3) is 5.91 Å². The lowest BCUT2D eigenvalue weighted by atomic mass is 9.88. The van der Waals surface area contributed by atoms with Crippen molar-refractivity contribution in [3.63, 3.8) is 0 Å². The first kappa shape index (κ1) is 21.6. The predicted molar refractivity (Wildman–Crippen MR) is 114 cm³/mol. The number of thiophene rings is 1. The first-order valence-corrected chi connectivity index (χ1v) is 11.1. The first-order chi connectivity index (χ1) is 13.7. The smallest absolute Gasteiger partial charge is 0.252 e. The van der Waals surface area contributed by atoms with E-state index in [1.54, 1.807) is 16.2 Å². The summed E-state index contributed by atoms with van der Waals surface area (Å²) in [4.78, 5) is 27.9. The molecule has 2 aromatic heterocycles. The van der Waals surface area contributed by atoms with E-state index in [1.807, 2.05) is 50.4 Å². The molecule has 1 saturated heterocycles. The molecule has 3 rings (SSSR count). The van der Waals surface area contributed by atoms with Gasteiger partial charge in [0.15, 0.2) is 0 Å². The van der Waals surface area contributed by atoms with Gasteiger partial charge in [-0.1, -0.05) is 13.0 Å². The number of aryl methyl sites for hydroxylation is 1. The highest BCUT2D eigenvalue weighted by molar-refractivity contribution is 7.13. The Bertz CT molecular complexity index is 833. The fourth-order valence-corrected chi connectivity index (χ4v) is 4.00. The fraction of sp³-hybridized carbons (Fsp3) is 0.545.